The number of nitrogens with zero attached hydrogens (tertiary/aromatic N) is 1. The summed E-state index contributed by atoms with van der Waals surface area (Å²) in [6.07, 6.45) is 2.18. The van der Waals surface area contributed by atoms with Gasteiger partial charge < -0.3 is 0 Å². The smallest absolute Gasteiger partial charge is 0.193 e. The molecule has 1 aromatic heterocycles. The quantitative estimate of drug-likeness (QED) is 0.482. The Bertz CT molecular complexity index is 899. The van der Waals surface area contributed by atoms with Gasteiger partial charge in [0.25, 0.3) is 0 Å². The zero-order valence-electron chi connectivity index (χ0n) is 14.7. The molecule has 0 amide bonds. The third-order valence-electron chi connectivity index (χ3n) is 4.16. The monoisotopic (exact) mass is 275 g/mol. The predicted molar refractivity (Wildman–Crippen MR) is 86.0 cm³/mol. The van der Waals surface area contributed by atoms with E-state index in [2.05, 4.69) is 29.0 Å². The van der Waals surface area contributed by atoms with Crippen LogP contribution in [-0.4, -0.2) is 0 Å². The van der Waals surface area contributed by atoms with E-state index in [4.69, 9.17) is 4.11 Å². The molecule has 4 rings (SSSR count). The fourth-order valence-electron chi connectivity index (χ4n) is 3.11. The Morgan fingerprint density at radius 1 is 1.00 bits per heavy atom. The van der Waals surface area contributed by atoms with Crippen molar-refractivity contribution in [2.75, 3.05) is 0 Å². The fourth-order valence-corrected chi connectivity index (χ4v) is 3.11. The van der Waals surface area contributed by atoms with E-state index in [0.29, 0.717) is 0 Å². The van der Waals surface area contributed by atoms with Gasteiger partial charge in [0.15, 0.2) is 12.7 Å². The topological polar surface area (TPSA) is 3.88 Å². The van der Waals surface area contributed by atoms with E-state index < -0.39 is 6.85 Å². The highest BCUT2D eigenvalue weighted by molar-refractivity contribution is 5.70. The minimum Gasteiger partial charge on any atom is -0.193 e. The highest BCUT2D eigenvalue weighted by Gasteiger charge is 2.27. The minimum atomic E-state index is -1.99. The zero-order chi connectivity index (χ0) is 16.7. The van der Waals surface area contributed by atoms with Gasteiger partial charge in [-0.2, -0.15) is 4.57 Å². The molecule has 0 bridgehead atoms. The lowest BCUT2D eigenvalue weighted by molar-refractivity contribution is -0.671. The molecule has 0 saturated heterocycles. The van der Waals surface area contributed by atoms with E-state index in [9.17, 15) is 0 Å². The lowest BCUT2D eigenvalue weighted by Gasteiger charge is -2.07. The molecule has 0 radical (unpaired) electrons. The van der Waals surface area contributed by atoms with Crippen molar-refractivity contribution >= 4 is 0 Å². The van der Waals surface area contributed by atoms with Crippen LogP contribution in [0.5, 0.6) is 0 Å². The van der Waals surface area contributed by atoms with Gasteiger partial charge in [0.05, 0.1) is 5.56 Å². The van der Waals surface area contributed by atoms with Crippen molar-refractivity contribution in [1.29, 1.82) is 0 Å². The van der Waals surface area contributed by atoms with Crippen LogP contribution in [0.15, 0.2) is 66.9 Å². The van der Waals surface area contributed by atoms with Crippen LogP contribution in [0, 0.1) is 0 Å². The van der Waals surface area contributed by atoms with Gasteiger partial charge in [0.1, 0.15) is 0 Å². The maximum Gasteiger partial charge on any atom is 0.213 e. The molecule has 0 spiro atoms. The molecule has 3 aromatic rings. The highest BCUT2D eigenvalue weighted by Crippen LogP contribution is 2.31. The van der Waals surface area contributed by atoms with Gasteiger partial charge in [-0.15, -0.1) is 0 Å². The summed E-state index contributed by atoms with van der Waals surface area (Å²) in [5.74, 6) is 0. The van der Waals surface area contributed by atoms with Crippen molar-refractivity contribution in [3.8, 4) is 22.4 Å². The molecular formula is C20H18N+. The first-order valence-corrected chi connectivity index (χ1v) is 7.21. The van der Waals surface area contributed by atoms with E-state index in [1.54, 1.807) is 0 Å². The first-order valence-electron chi connectivity index (χ1n) is 8.71. The Morgan fingerprint density at radius 3 is 2.67 bits per heavy atom. The maximum absolute atomic E-state index is 7.70. The van der Waals surface area contributed by atoms with Crippen molar-refractivity contribution in [3.05, 3.63) is 78.0 Å². The second kappa shape index (κ2) is 4.85. The average molecular weight is 275 g/mol. The Hall–Kier alpha value is -2.41. The molecule has 0 aliphatic carbocycles. The van der Waals surface area contributed by atoms with Crippen LogP contribution in [0.3, 0.4) is 0 Å². The van der Waals surface area contributed by atoms with Gasteiger partial charge >= 0.3 is 0 Å². The third kappa shape index (κ3) is 1.97. The lowest BCUT2D eigenvalue weighted by Crippen LogP contribution is -2.32. The van der Waals surface area contributed by atoms with Gasteiger partial charge in [-0.3, -0.25) is 0 Å². The largest absolute Gasteiger partial charge is 0.213 e. The Labute approximate surface area is 129 Å². The Balaban J connectivity index is 1.90. The number of pyridine rings is 1. The molecule has 21 heavy (non-hydrogen) atoms. The standard InChI is InChI=1S/C20H18N/c1-2-15-12-20-18-11-7-6-10-17(18)13-21(20)14-19(15)16-8-4-3-5-9-16/h3-12,14H,2,13H2,1H3/q+1/i1D3. The first-order chi connectivity index (χ1) is 11.5. The van der Waals surface area contributed by atoms with Gasteiger partial charge in [0.2, 0.25) is 5.69 Å². The molecule has 0 N–H and O–H groups in total. The van der Waals surface area contributed by atoms with Crippen molar-refractivity contribution < 1.29 is 8.68 Å². The second-order valence-electron chi connectivity index (χ2n) is 5.43. The summed E-state index contributed by atoms with van der Waals surface area (Å²) in [6.45, 7) is -1.15. The van der Waals surface area contributed by atoms with Crippen LogP contribution >= 0.6 is 0 Å². The van der Waals surface area contributed by atoms with Gasteiger partial charge in [-0.05, 0) is 23.6 Å². The fraction of sp³-hybridized carbons (Fsp3) is 0.150. The number of aromatic nitrogens is 1. The van der Waals surface area contributed by atoms with E-state index in [0.717, 1.165) is 28.9 Å². The molecule has 102 valence electrons. The minimum absolute atomic E-state index is 0.0766. The van der Waals surface area contributed by atoms with Gasteiger partial charge in [-0.25, -0.2) is 0 Å². The van der Waals surface area contributed by atoms with E-state index in [1.165, 1.54) is 11.1 Å². The zero-order valence-corrected chi connectivity index (χ0v) is 11.7. The summed E-state index contributed by atoms with van der Waals surface area (Å²) in [7, 11) is 0. The normalized spacial score (nSPS) is 14.8. The van der Waals surface area contributed by atoms with Crippen LogP contribution in [-0.2, 0) is 13.0 Å². The number of benzene rings is 2. The first kappa shape index (κ1) is 9.51. The molecule has 0 saturated carbocycles. The summed E-state index contributed by atoms with van der Waals surface area (Å²) >= 11 is 0. The molecule has 1 nitrogen and oxygen atoms in total. The van der Waals surface area contributed by atoms with E-state index in [1.807, 2.05) is 42.5 Å². The second-order valence-corrected chi connectivity index (χ2v) is 5.43. The molecule has 1 aliphatic heterocycles. The van der Waals surface area contributed by atoms with Gasteiger partial charge in [-0.1, -0.05) is 55.4 Å². The van der Waals surface area contributed by atoms with Crippen molar-refractivity contribution in [3.63, 3.8) is 0 Å². The Kier molecular flexibility index (Phi) is 2.20. The number of fused-ring (bicyclic) bond motifs is 3. The van der Waals surface area contributed by atoms with Crippen molar-refractivity contribution in [2.45, 2.75) is 19.8 Å². The van der Waals surface area contributed by atoms with Gasteiger partial charge in [0, 0.05) is 21.3 Å². The molecule has 1 aliphatic rings. The van der Waals surface area contributed by atoms with E-state index >= 15 is 0 Å². The molecule has 1 heteroatoms. The van der Waals surface area contributed by atoms with Crippen molar-refractivity contribution in [2.24, 2.45) is 0 Å². The maximum atomic E-state index is 7.70. The summed E-state index contributed by atoms with van der Waals surface area (Å²) < 4.78 is 25.3. The van der Waals surface area contributed by atoms with Crippen LogP contribution in [0.25, 0.3) is 22.4 Å². The SMILES string of the molecule is [2H]C([2H])([2H])Cc1cc2[n+](cc1-c1ccccc1)Cc1ccccc1-2. The number of aryl methyl sites for hydroxylation is 1. The summed E-state index contributed by atoms with van der Waals surface area (Å²) in [5.41, 5.74) is 6.52. The predicted octanol–water partition coefficient (Wildman–Crippen LogP) is 4.23. The number of rotatable bonds is 2. The van der Waals surface area contributed by atoms with E-state index in [-0.39, 0.29) is 6.42 Å². The molecule has 2 aromatic carbocycles. The van der Waals surface area contributed by atoms with Crippen LogP contribution in [0.4, 0.5) is 0 Å². The van der Waals surface area contributed by atoms with Crippen LogP contribution in [0.1, 0.15) is 22.1 Å². The highest BCUT2D eigenvalue weighted by atomic mass is 15.0. The molecule has 2 heterocycles. The number of hydrogen-bond acceptors (Lipinski definition) is 0. The molecule has 0 unspecified atom stereocenters. The average Bonchev–Trinajstić information content (AvgIpc) is 2.91. The van der Waals surface area contributed by atoms with Crippen LogP contribution in [0.2, 0.25) is 0 Å². The molecule has 0 atom stereocenters. The van der Waals surface area contributed by atoms with Crippen molar-refractivity contribution in [1.82, 2.24) is 0 Å². The molecular weight excluding hydrogens is 254 g/mol. The number of hydrogen-bond donors (Lipinski definition) is 0. The Morgan fingerprint density at radius 2 is 1.81 bits per heavy atom. The lowest BCUT2D eigenvalue weighted by atomic mass is 9.98. The molecule has 0 fully saturated rings. The summed E-state index contributed by atoms with van der Waals surface area (Å²) in [4.78, 5) is 0. The van der Waals surface area contributed by atoms with Crippen LogP contribution < -0.4 is 4.57 Å². The summed E-state index contributed by atoms with van der Waals surface area (Å²) in [6, 6.07) is 20.4. The third-order valence-corrected chi connectivity index (χ3v) is 4.16. The summed E-state index contributed by atoms with van der Waals surface area (Å²) in [5, 5.41) is 0.